The fourth-order valence-electron chi connectivity index (χ4n) is 2.67. The molecule has 154 valence electrons. The minimum absolute atomic E-state index is 0.0162. The molecule has 0 radical (unpaired) electrons. The maximum absolute atomic E-state index is 12.1. The van der Waals surface area contributed by atoms with Gasteiger partial charge >= 0.3 is 0 Å². The molecule has 1 fully saturated rings. The number of hydrogen-bond acceptors (Lipinski definition) is 5. The van der Waals surface area contributed by atoms with Crippen LogP contribution in [0.2, 0.25) is 0 Å². The van der Waals surface area contributed by atoms with Crippen LogP contribution in [0.5, 0.6) is 0 Å². The zero-order valence-electron chi connectivity index (χ0n) is 16.2. The molecule has 0 aromatic heterocycles. The molecule has 2 amide bonds. The summed E-state index contributed by atoms with van der Waals surface area (Å²) in [5, 5.41) is 19.2. The number of benzene rings is 2. The number of rotatable bonds is 6. The van der Waals surface area contributed by atoms with E-state index >= 15 is 0 Å². The van der Waals surface area contributed by atoms with Gasteiger partial charge in [-0.25, -0.2) is 0 Å². The minimum atomic E-state index is -0.487. The van der Waals surface area contributed by atoms with Crippen LogP contribution in [0.4, 0.5) is 17.1 Å². The number of nitro benzene ring substituents is 1. The third-order valence-electron chi connectivity index (χ3n) is 4.56. The maximum atomic E-state index is 12.1. The molecule has 0 atom stereocenters. The Balaban J connectivity index is 1.56. The molecule has 0 spiro atoms. The van der Waals surface area contributed by atoms with Gasteiger partial charge in [0.1, 0.15) is 0 Å². The van der Waals surface area contributed by atoms with Crippen LogP contribution in [0.15, 0.2) is 48.5 Å². The van der Waals surface area contributed by atoms with Crippen LogP contribution in [0.1, 0.15) is 24.0 Å². The van der Waals surface area contributed by atoms with Gasteiger partial charge in [0.2, 0.25) is 11.8 Å². The van der Waals surface area contributed by atoms with E-state index in [0.717, 1.165) is 18.4 Å². The number of thiocarbonyl (C=S) groups is 1. The van der Waals surface area contributed by atoms with Crippen molar-refractivity contribution in [3.63, 3.8) is 0 Å². The molecule has 0 aliphatic heterocycles. The highest BCUT2D eigenvalue weighted by molar-refractivity contribution is 7.80. The van der Waals surface area contributed by atoms with Crippen molar-refractivity contribution < 1.29 is 14.5 Å². The molecule has 9 heteroatoms. The number of anilines is 2. The summed E-state index contributed by atoms with van der Waals surface area (Å²) in [5.41, 5.74) is 2.80. The SMILES string of the molecule is Cc1c(NC(=O)C2CC2)cccc1NC(=S)NC(=O)/C=C/c1ccc([N+](=O)[O-])cc1. The average molecular weight is 424 g/mol. The molecule has 0 heterocycles. The van der Waals surface area contributed by atoms with E-state index in [9.17, 15) is 19.7 Å². The number of carbonyl (C=O) groups is 2. The molecule has 0 bridgehead atoms. The van der Waals surface area contributed by atoms with Gasteiger partial charge in [-0.3, -0.25) is 25.0 Å². The standard InChI is InChI=1S/C21H20N4O4S/c1-13-17(22-20(27)15-8-9-15)3-2-4-18(13)23-21(30)24-19(26)12-7-14-5-10-16(11-6-14)25(28)29/h2-7,10-12,15H,8-9H2,1H3,(H,22,27)(H2,23,24,26,30)/b12-7+. The van der Waals surface area contributed by atoms with E-state index in [4.69, 9.17) is 12.2 Å². The van der Waals surface area contributed by atoms with E-state index in [2.05, 4.69) is 16.0 Å². The normalized spacial score (nSPS) is 13.0. The number of amides is 2. The number of hydrogen-bond donors (Lipinski definition) is 3. The Morgan fingerprint density at radius 1 is 1.10 bits per heavy atom. The quantitative estimate of drug-likeness (QED) is 0.281. The van der Waals surface area contributed by atoms with Crippen molar-refractivity contribution >= 4 is 52.3 Å². The Labute approximate surface area is 178 Å². The smallest absolute Gasteiger partial charge is 0.269 e. The van der Waals surface area contributed by atoms with Gasteiger partial charge in [-0.15, -0.1) is 0 Å². The van der Waals surface area contributed by atoms with Gasteiger partial charge in [-0.2, -0.15) is 0 Å². The van der Waals surface area contributed by atoms with Crippen molar-refractivity contribution in [1.29, 1.82) is 0 Å². The van der Waals surface area contributed by atoms with Crippen molar-refractivity contribution in [2.75, 3.05) is 10.6 Å². The molecule has 0 unspecified atom stereocenters. The summed E-state index contributed by atoms with van der Waals surface area (Å²) in [6, 6.07) is 11.2. The fourth-order valence-corrected chi connectivity index (χ4v) is 2.88. The molecule has 1 saturated carbocycles. The second kappa shape index (κ2) is 9.27. The van der Waals surface area contributed by atoms with Crippen LogP contribution in [-0.2, 0) is 9.59 Å². The molecule has 8 nitrogen and oxygen atoms in total. The van der Waals surface area contributed by atoms with Gasteiger partial charge in [0.25, 0.3) is 5.69 Å². The first-order valence-corrected chi connectivity index (χ1v) is 9.69. The Morgan fingerprint density at radius 3 is 2.33 bits per heavy atom. The van der Waals surface area contributed by atoms with Crippen LogP contribution in [0.3, 0.4) is 0 Å². The van der Waals surface area contributed by atoms with Gasteiger partial charge in [-0.05, 0) is 73.5 Å². The number of nitrogens with one attached hydrogen (secondary N) is 3. The van der Waals surface area contributed by atoms with Crippen molar-refractivity contribution in [3.05, 3.63) is 69.8 Å². The molecule has 30 heavy (non-hydrogen) atoms. The second-order valence-corrected chi connectivity index (χ2v) is 7.28. The zero-order chi connectivity index (χ0) is 21.7. The van der Waals surface area contributed by atoms with Gasteiger partial charge in [0, 0.05) is 35.5 Å². The van der Waals surface area contributed by atoms with Crippen molar-refractivity contribution in [2.45, 2.75) is 19.8 Å². The molecular weight excluding hydrogens is 404 g/mol. The summed E-state index contributed by atoms with van der Waals surface area (Å²) in [7, 11) is 0. The monoisotopic (exact) mass is 424 g/mol. The second-order valence-electron chi connectivity index (χ2n) is 6.87. The first-order chi connectivity index (χ1) is 14.3. The molecular formula is C21H20N4O4S. The summed E-state index contributed by atoms with van der Waals surface area (Å²) >= 11 is 5.19. The minimum Gasteiger partial charge on any atom is -0.332 e. The van der Waals surface area contributed by atoms with E-state index < -0.39 is 10.8 Å². The fraction of sp³-hybridized carbons (Fsp3) is 0.190. The highest BCUT2D eigenvalue weighted by atomic mass is 32.1. The van der Waals surface area contributed by atoms with Gasteiger partial charge in [0.15, 0.2) is 5.11 Å². The van der Waals surface area contributed by atoms with Crippen LogP contribution < -0.4 is 16.0 Å². The predicted octanol–water partition coefficient (Wildman–Crippen LogP) is 3.78. The van der Waals surface area contributed by atoms with E-state index in [0.29, 0.717) is 16.9 Å². The highest BCUT2D eigenvalue weighted by Crippen LogP contribution is 2.31. The zero-order valence-corrected chi connectivity index (χ0v) is 17.0. The van der Waals surface area contributed by atoms with Crippen LogP contribution in [-0.4, -0.2) is 21.9 Å². The number of nitrogens with zero attached hydrogens (tertiary/aromatic N) is 1. The summed E-state index contributed by atoms with van der Waals surface area (Å²) in [6.45, 7) is 1.85. The topological polar surface area (TPSA) is 113 Å². The number of non-ortho nitro benzene ring substituents is 1. The van der Waals surface area contributed by atoms with Gasteiger partial charge in [0.05, 0.1) is 4.92 Å². The van der Waals surface area contributed by atoms with Crippen LogP contribution >= 0.6 is 12.2 Å². The summed E-state index contributed by atoms with van der Waals surface area (Å²) < 4.78 is 0. The van der Waals surface area contributed by atoms with Crippen molar-refractivity contribution in [2.24, 2.45) is 5.92 Å². The van der Waals surface area contributed by atoms with Crippen molar-refractivity contribution in [3.8, 4) is 0 Å². The average Bonchev–Trinajstić information content (AvgIpc) is 3.55. The lowest BCUT2D eigenvalue weighted by Gasteiger charge is -2.14. The molecule has 1 aliphatic rings. The van der Waals surface area contributed by atoms with E-state index in [1.165, 1.54) is 24.3 Å². The molecule has 2 aromatic carbocycles. The Bertz CT molecular complexity index is 1030. The van der Waals surface area contributed by atoms with Crippen LogP contribution in [0.25, 0.3) is 6.08 Å². The highest BCUT2D eigenvalue weighted by Gasteiger charge is 2.29. The Hall–Kier alpha value is -3.59. The van der Waals surface area contributed by atoms with Gasteiger partial charge in [-0.1, -0.05) is 6.07 Å². The predicted molar refractivity (Wildman–Crippen MR) is 119 cm³/mol. The number of carbonyl (C=O) groups excluding carboxylic acids is 2. The van der Waals surface area contributed by atoms with Crippen LogP contribution in [0, 0.1) is 23.0 Å². The van der Waals surface area contributed by atoms with E-state index in [1.54, 1.807) is 24.3 Å². The first-order valence-electron chi connectivity index (χ1n) is 9.28. The molecule has 1 aliphatic carbocycles. The lowest BCUT2D eigenvalue weighted by atomic mass is 10.1. The lowest BCUT2D eigenvalue weighted by Crippen LogP contribution is -2.33. The maximum Gasteiger partial charge on any atom is 0.269 e. The molecule has 0 saturated heterocycles. The Kier molecular flexibility index (Phi) is 6.53. The summed E-state index contributed by atoms with van der Waals surface area (Å²) in [5.74, 6) is -0.326. The largest absolute Gasteiger partial charge is 0.332 e. The third-order valence-corrected chi connectivity index (χ3v) is 4.76. The first kappa shape index (κ1) is 21.1. The van der Waals surface area contributed by atoms with E-state index in [1.807, 2.05) is 13.0 Å². The van der Waals surface area contributed by atoms with E-state index in [-0.39, 0.29) is 22.6 Å². The lowest BCUT2D eigenvalue weighted by molar-refractivity contribution is -0.384. The number of nitro groups is 1. The molecule has 3 rings (SSSR count). The molecule has 3 N–H and O–H groups in total. The summed E-state index contributed by atoms with van der Waals surface area (Å²) in [6.07, 6.45) is 4.66. The molecule has 2 aromatic rings. The Morgan fingerprint density at radius 2 is 1.73 bits per heavy atom. The third kappa shape index (κ3) is 5.71. The van der Waals surface area contributed by atoms with Crippen molar-refractivity contribution in [1.82, 2.24) is 5.32 Å². The summed E-state index contributed by atoms with van der Waals surface area (Å²) in [4.78, 5) is 34.2. The van der Waals surface area contributed by atoms with Gasteiger partial charge < -0.3 is 10.6 Å².